The zero-order chi connectivity index (χ0) is 18.7. The molecule has 0 aromatic heterocycles. The summed E-state index contributed by atoms with van der Waals surface area (Å²) >= 11 is 1.87. The van der Waals surface area contributed by atoms with Gasteiger partial charge in [-0.3, -0.25) is 10.1 Å². The first-order valence-corrected chi connectivity index (χ1v) is 10.7. The van der Waals surface area contributed by atoms with Crippen LogP contribution in [0.4, 0.5) is 11.4 Å². The second-order valence-electron chi connectivity index (χ2n) is 7.64. The van der Waals surface area contributed by atoms with E-state index in [4.69, 9.17) is 4.99 Å². The van der Waals surface area contributed by atoms with Crippen LogP contribution in [0.2, 0.25) is 0 Å². The van der Waals surface area contributed by atoms with E-state index < -0.39 is 0 Å². The second-order valence-corrected chi connectivity index (χ2v) is 8.58. The number of aliphatic imine (C=N–C) groups is 1. The first-order chi connectivity index (χ1) is 12.5. The smallest absolute Gasteiger partial charge is 0.269 e. The van der Waals surface area contributed by atoms with Crippen LogP contribution in [0.5, 0.6) is 0 Å². The lowest BCUT2D eigenvalue weighted by Crippen LogP contribution is -2.47. The predicted molar refractivity (Wildman–Crippen MR) is 109 cm³/mol. The summed E-state index contributed by atoms with van der Waals surface area (Å²) in [5.41, 5.74) is 2.12. The van der Waals surface area contributed by atoms with Crippen molar-refractivity contribution >= 4 is 28.3 Å². The molecule has 1 aromatic carbocycles. The number of benzene rings is 1. The topological polar surface area (TPSA) is 58.7 Å². The van der Waals surface area contributed by atoms with E-state index in [1.54, 1.807) is 18.2 Å². The molecule has 5 nitrogen and oxygen atoms in total. The minimum absolute atomic E-state index is 0.131. The lowest BCUT2D eigenvalue weighted by atomic mass is 9.95. The standard InChI is InChI=1S/C20H29N3O2S/c1-4-16(5-2)13-22-19(26-14-20(22)10-6-7-11-20)21-18-9-8-17(23(24)25)12-15(18)3/h8-9,12,16H,4-7,10-11,13-14H2,1-3H3. The Morgan fingerprint density at radius 3 is 2.58 bits per heavy atom. The maximum atomic E-state index is 11.0. The van der Waals surface area contributed by atoms with E-state index in [2.05, 4.69) is 18.7 Å². The van der Waals surface area contributed by atoms with Gasteiger partial charge in [0.2, 0.25) is 0 Å². The van der Waals surface area contributed by atoms with Crippen molar-refractivity contribution in [3.8, 4) is 0 Å². The molecule has 1 aromatic rings. The molecule has 0 radical (unpaired) electrons. The molecule has 1 saturated carbocycles. The highest BCUT2D eigenvalue weighted by Crippen LogP contribution is 2.46. The fourth-order valence-corrected chi connectivity index (χ4v) is 5.59. The van der Waals surface area contributed by atoms with E-state index >= 15 is 0 Å². The highest BCUT2D eigenvalue weighted by atomic mass is 32.2. The van der Waals surface area contributed by atoms with Gasteiger partial charge in [-0.1, -0.05) is 51.3 Å². The predicted octanol–water partition coefficient (Wildman–Crippen LogP) is 5.69. The highest BCUT2D eigenvalue weighted by Gasteiger charge is 2.46. The number of nitrogens with zero attached hydrogens (tertiary/aromatic N) is 3. The number of nitro benzene ring substituents is 1. The minimum atomic E-state index is -0.346. The molecule has 1 spiro atoms. The first kappa shape index (κ1) is 19.2. The van der Waals surface area contributed by atoms with Crippen molar-refractivity contribution < 1.29 is 4.92 Å². The number of amidine groups is 1. The molecule has 1 heterocycles. The Bertz CT molecular complexity index is 694. The van der Waals surface area contributed by atoms with Gasteiger partial charge in [-0.25, -0.2) is 4.99 Å². The molecule has 0 unspecified atom stereocenters. The molecule has 3 rings (SSSR count). The summed E-state index contributed by atoms with van der Waals surface area (Å²) in [6.07, 6.45) is 7.53. The van der Waals surface area contributed by atoms with Crippen molar-refractivity contribution in [1.82, 2.24) is 4.90 Å². The summed E-state index contributed by atoms with van der Waals surface area (Å²) in [5, 5.41) is 12.1. The number of thioether (sulfide) groups is 1. The maximum absolute atomic E-state index is 11.0. The van der Waals surface area contributed by atoms with Crippen molar-refractivity contribution in [1.29, 1.82) is 0 Å². The zero-order valence-electron chi connectivity index (χ0n) is 16.0. The molecular weight excluding hydrogens is 346 g/mol. The third-order valence-corrected chi connectivity index (χ3v) is 7.26. The Kier molecular flexibility index (Phi) is 5.90. The van der Waals surface area contributed by atoms with Crippen LogP contribution in [0.3, 0.4) is 0 Å². The van der Waals surface area contributed by atoms with E-state index in [1.165, 1.54) is 38.5 Å². The van der Waals surface area contributed by atoms with Crippen LogP contribution in [0.25, 0.3) is 0 Å². The third kappa shape index (κ3) is 3.75. The van der Waals surface area contributed by atoms with Crippen LogP contribution in [0.15, 0.2) is 23.2 Å². The van der Waals surface area contributed by atoms with Crippen molar-refractivity contribution in [2.45, 2.75) is 64.8 Å². The van der Waals surface area contributed by atoms with Gasteiger partial charge in [0, 0.05) is 24.4 Å². The number of hydrogen-bond donors (Lipinski definition) is 0. The van der Waals surface area contributed by atoms with Crippen LogP contribution in [-0.2, 0) is 0 Å². The highest BCUT2D eigenvalue weighted by molar-refractivity contribution is 8.14. The summed E-state index contributed by atoms with van der Waals surface area (Å²) in [5.74, 6) is 1.81. The van der Waals surface area contributed by atoms with Crippen LogP contribution in [0.1, 0.15) is 57.9 Å². The van der Waals surface area contributed by atoms with E-state index in [9.17, 15) is 10.1 Å². The number of non-ortho nitro benzene ring substituents is 1. The van der Waals surface area contributed by atoms with E-state index in [0.29, 0.717) is 5.92 Å². The molecule has 2 aliphatic rings. The van der Waals surface area contributed by atoms with Crippen molar-refractivity contribution in [2.24, 2.45) is 10.9 Å². The van der Waals surface area contributed by atoms with Crippen LogP contribution < -0.4 is 0 Å². The van der Waals surface area contributed by atoms with Gasteiger partial charge in [-0.2, -0.15) is 0 Å². The number of aryl methyl sites for hydroxylation is 1. The second kappa shape index (κ2) is 7.99. The fourth-order valence-electron chi connectivity index (χ4n) is 4.16. The lowest BCUT2D eigenvalue weighted by Gasteiger charge is -2.38. The number of hydrogen-bond acceptors (Lipinski definition) is 4. The molecule has 142 valence electrons. The van der Waals surface area contributed by atoms with E-state index in [-0.39, 0.29) is 16.1 Å². The van der Waals surface area contributed by atoms with E-state index in [1.807, 2.05) is 18.7 Å². The number of rotatable bonds is 6. The largest absolute Gasteiger partial charge is 0.344 e. The Hall–Kier alpha value is -1.56. The molecule has 1 aliphatic heterocycles. The number of nitro groups is 1. The van der Waals surface area contributed by atoms with E-state index in [0.717, 1.165) is 28.7 Å². The Balaban J connectivity index is 1.91. The Morgan fingerprint density at radius 1 is 1.31 bits per heavy atom. The molecule has 1 saturated heterocycles. The van der Waals surface area contributed by atoms with Crippen LogP contribution in [-0.4, -0.2) is 32.8 Å². The maximum Gasteiger partial charge on any atom is 0.269 e. The van der Waals surface area contributed by atoms with Crippen molar-refractivity contribution in [2.75, 3.05) is 12.3 Å². The van der Waals surface area contributed by atoms with Gasteiger partial charge in [-0.15, -0.1) is 0 Å². The average Bonchev–Trinajstić information content (AvgIpc) is 3.23. The van der Waals surface area contributed by atoms with Gasteiger partial charge < -0.3 is 4.90 Å². The van der Waals surface area contributed by atoms with Gasteiger partial charge in [0.05, 0.1) is 16.1 Å². The molecule has 0 bridgehead atoms. The van der Waals surface area contributed by atoms with Crippen LogP contribution in [0, 0.1) is 23.0 Å². The summed E-state index contributed by atoms with van der Waals surface area (Å²) in [7, 11) is 0. The molecule has 6 heteroatoms. The van der Waals surface area contributed by atoms with Crippen LogP contribution >= 0.6 is 11.8 Å². The first-order valence-electron chi connectivity index (χ1n) is 9.73. The molecule has 0 amide bonds. The summed E-state index contributed by atoms with van der Waals surface area (Å²) in [6.45, 7) is 7.53. The minimum Gasteiger partial charge on any atom is -0.344 e. The zero-order valence-corrected chi connectivity index (χ0v) is 16.8. The monoisotopic (exact) mass is 375 g/mol. The van der Waals surface area contributed by atoms with Gasteiger partial charge in [0.25, 0.3) is 5.69 Å². The Morgan fingerprint density at radius 2 is 2.00 bits per heavy atom. The Labute approximate surface area is 160 Å². The molecule has 1 aliphatic carbocycles. The molecular formula is C20H29N3O2S. The summed E-state index contributed by atoms with van der Waals surface area (Å²) in [6, 6.07) is 4.97. The summed E-state index contributed by atoms with van der Waals surface area (Å²) in [4.78, 5) is 18.2. The van der Waals surface area contributed by atoms with Gasteiger partial charge >= 0.3 is 0 Å². The molecule has 0 N–H and O–H groups in total. The van der Waals surface area contributed by atoms with Gasteiger partial charge in [-0.05, 0) is 37.3 Å². The van der Waals surface area contributed by atoms with Gasteiger partial charge in [0.15, 0.2) is 5.17 Å². The van der Waals surface area contributed by atoms with Crippen molar-refractivity contribution in [3.63, 3.8) is 0 Å². The third-order valence-electron chi connectivity index (χ3n) is 6.01. The molecule has 26 heavy (non-hydrogen) atoms. The lowest BCUT2D eigenvalue weighted by molar-refractivity contribution is -0.384. The average molecular weight is 376 g/mol. The van der Waals surface area contributed by atoms with Gasteiger partial charge in [0.1, 0.15) is 0 Å². The normalized spacial score (nSPS) is 20.6. The fraction of sp³-hybridized carbons (Fsp3) is 0.650. The molecule has 2 fully saturated rings. The summed E-state index contributed by atoms with van der Waals surface area (Å²) < 4.78 is 0. The SMILES string of the molecule is CCC(CC)CN1C(=Nc2ccc([N+](=O)[O-])cc2C)SCC12CCCC2. The quantitative estimate of drug-likeness (QED) is 0.473. The van der Waals surface area contributed by atoms with Crippen molar-refractivity contribution in [3.05, 3.63) is 33.9 Å². The molecule has 0 atom stereocenters.